The van der Waals surface area contributed by atoms with Crippen LogP contribution in [0.3, 0.4) is 0 Å². The molecule has 0 unspecified atom stereocenters. The highest BCUT2D eigenvalue weighted by atomic mass is 15.2. The largest absolute Gasteiger partial charge is 0.307 e. The topological polar surface area (TPSA) is 48.5 Å². The molecule has 11 aromatic rings. The van der Waals surface area contributed by atoms with Crippen LogP contribution in [0.4, 0.5) is 0 Å². The molecule has 5 nitrogen and oxygen atoms in total. The zero-order valence-corrected chi connectivity index (χ0v) is 30.3. The zero-order chi connectivity index (χ0) is 37.0. The highest BCUT2D eigenvalue weighted by molar-refractivity contribution is 6.23. The summed E-state index contributed by atoms with van der Waals surface area (Å²) in [6.45, 7) is 0. The van der Waals surface area contributed by atoms with Gasteiger partial charge in [-0.15, -0.1) is 0 Å². The Kier molecular flexibility index (Phi) is 7.42. The van der Waals surface area contributed by atoms with Gasteiger partial charge in [0, 0.05) is 38.4 Å². The molecule has 0 amide bonds. The molecular weight excluding hydrogens is 683 g/mol. The summed E-state index contributed by atoms with van der Waals surface area (Å²) in [7, 11) is 0. The molecule has 3 aromatic heterocycles. The van der Waals surface area contributed by atoms with Gasteiger partial charge in [0.05, 0.1) is 22.1 Å². The second-order valence-electron chi connectivity index (χ2n) is 14.0. The van der Waals surface area contributed by atoms with Crippen LogP contribution in [0.15, 0.2) is 200 Å². The summed E-state index contributed by atoms with van der Waals surface area (Å²) in [5, 5.41) is 4.62. The van der Waals surface area contributed by atoms with Crippen molar-refractivity contribution in [2.75, 3.05) is 0 Å². The van der Waals surface area contributed by atoms with E-state index in [2.05, 4.69) is 173 Å². The standard InChI is InChI=1S/C51H33N5/c1-4-16-34(17-5-1)39-22-10-11-23-40(39)35-28-30-38(31-29-35)55-45-26-14-12-24-41(45)43-32-33-44-42-25-13-15-27-46(42)56(48(44)47(43)55)51-53-49(36-18-6-2-7-19-36)52-50(54-51)37-20-8-3-9-21-37/h1-33H. The van der Waals surface area contributed by atoms with Gasteiger partial charge in [0.15, 0.2) is 11.6 Å². The van der Waals surface area contributed by atoms with E-state index in [1.807, 2.05) is 36.4 Å². The van der Waals surface area contributed by atoms with Gasteiger partial charge in [-0.05, 0) is 46.5 Å². The summed E-state index contributed by atoms with van der Waals surface area (Å²) in [5.74, 6) is 1.82. The lowest BCUT2D eigenvalue weighted by molar-refractivity contribution is 0.953. The Bertz CT molecular complexity index is 3160. The number of nitrogens with zero attached hydrogens (tertiary/aromatic N) is 5. The van der Waals surface area contributed by atoms with Crippen molar-refractivity contribution in [2.45, 2.75) is 0 Å². The Hall–Kier alpha value is -7.63. The Morgan fingerprint density at radius 2 is 0.696 bits per heavy atom. The Balaban J connectivity index is 1.20. The van der Waals surface area contributed by atoms with Crippen molar-refractivity contribution in [1.82, 2.24) is 24.1 Å². The van der Waals surface area contributed by atoms with Crippen molar-refractivity contribution in [3.63, 3.8) is 0 Å². The maximum Gasteiger partial charge on any atom is 0.238 e. The molecule has 0 radical (unpaired) electrons. The van der Waals surface area contributed by atoms with Gasteiger partial charge in [0.25, 0.3) is 0 Å². The first-order valence-corrected chi connectivity index (χ1v) is 18.9. The van der Waals surface area contributed by atoms with Gasteiger partial charge in [-0.25, -0.2) is 4.98 Å². The van der Waals surface area contributed by atoms with Gasteiger partial charge in [-0.1, -0.05) is 176 Å². The number of benzene rings is 8. The van der Waals surface area contributed by atoms with Crippen LogP contribution < -0.4 is 0 Å². The first-order valence-electron chi connectivity index (χ1n) is 18.9. The fraction of sp³-hybridized carbons (Fsp3) is 0. The summed E-state index contributed by atoms with van der Waals surface area (Å²) in [5.41, 5.74) is 12.0. The van der Waals surface area contributed by atoms with E-state index in [4.69, 9.17) is 15.0 Å². The number of fused-ring (bicyclic) bond motifs is 7. The quantitative estimate of drug-likeness (QED) is 0.172. The minimum absolute atomic E-state index is 0.570. The maximum absolute atomic E-state index is 5.24. The van der Waals surface area contributed by atoms with Crippen molar-refractivity contribution in [2.24, 2.45) is 0 Å². The van der Waals surface area contributed by atoms with Crippen LogP contribution in [0.25, 0.3) is 100 Å². The van der Waals surface area contributed by atoms with E-state index in [0.29, 0.717) is 17.6 Å². The molecule has 0 bridgehead atoms. The summed E-state index contributed by atoms with van der Waals surface area (Å²) >= 11 is 0. The molecule has 3 heterocycles. The fourth-order valence-electron chi connectivity index (χ4n) is 8.27. The summed E-state index contributed by atoms with van der Waals surface area (Å²) in [6, 6.07) is 70.4. The van der Waals surface area contributed by atoms with Crippen LogP contribution in [0.5, 0.6) is 0 Å². The molecule has 0 spiro atoms. The lowest BCUT2D eigenvalue weighted by Crippen LogP contribution is -2.07. The van der Waals surface area contributed by atoms with Crippen LogP contribution in [-0.4, -0.2) is 24.1 Å². The smallest absolute Gasteiger partial charge is 0.238 e. The minimum atomic E-state index is 0.570. The number of para-hydroxylation sites is 2. The van der Waals surface area contributed by atoms with Crippen LogP contribution in [0, 0.1) is 0 Å². The third-order valence-corrected chi connectivity index (χ3v) is 10.8. The molecule has 0 aliphatic heterocycles. The molecular formula is C51H33N5. The second kappa shape index (κ2) is 13.0. The lowest BCUT2D eigenvalue weighted by atomic mass is 9.94. The predicted molar refractivity (Wildman–Crippen MR) is 230 cm³/mol. The molecule has 0 atom stereocenters. The predicted octanol–water partition coefficient (Wildman–Crippen LogP) is 12.7. The van der Waals surface area contributed by atoms with E-state index < -0.39 is 0 Å². The molecule has 8 aromatic carbocycles. The highest BCUT2D eigenvalue weighted by Crippen LogP contribution is 2.42. The average molecular weight is 716 g/mol. The highest BCUT2D eigenvalue weighted by Gasteiger charge is 2.23. The molecule has 5 heteroatoms. The van der Waals surface area contributed by atoms with Crippen LogP contribution in [0.1, 0.15) is 0 Å². The van der Waals surface area contributed by atoms with Gasteiger partial charge in [0.1, 0.15) is 0 Å². The van der Waals surface area contributed by atoms with Gasteiger partial charge in [0.2, 0.25) is 5.95 Å². The summed E-state index contributed by atoms with van der Waals surface area (Å²) in [4.78, 5) is 15.5. The molecule has 0 saturated carbocycles. The zero-order valence-electron chi connectivity index (χ0n) is 30.3. The normalized spacial score (nSPS) is 11.6. The molecule has 0 saturated heterocycles. The third kappa shape index (κ3) is 5.13. The molecule has 11 rings (SSSR count). The van der Waals surface area contributed by atoms with Gasteiger partial charge in [-0.2, -0.15) is 9.97 Å². The van der Waals surface area contributed by atoms with E-state index in [0.717, 1.165) is 55.0 Å². The SMILES string of the molecule is c1ccc(-c2nc(-c3ccccc3)nc(-n3c4ccccc4c4ccc5c6ccccc6n(-c6ccc(-c7ccccc7-c7ccccc7)cc6)c5c43)n2)cc1. The van der Waals surface area contributed by atoms with E-state index in [1.54, 1.807) is 0 Å². The Morgan fingerprint density at radius 3 is 1.23 bits per heavy atom. The number of rotatable bonds is 6. The fourth-order valence-corrected chi connectivity index (χ4v) is 8.27. The van der Waals surface area contributed by atoms with E-state index in [1.165, 1.54) is 27.6 Å². The van der Waals surface area contributed by atoms with E-state index in [-0.39, 0.29) is 0 Å². The average Bonchev–Trinajstić information content (AvgIpc) is 3.80. The van der Waals surface area contributed by atoms with Crippen molar-refractivity contribution in [3.8, 4) is 56.7 Å². The third-order valence-electron chi connectivity index (χ3n) is 10.8. The molecule has 262 valence electrons. The van der Waals surface area contributed by atoms with Crippen LogP contribution in [0.2, 0.25) is 0 Å². The summed E-state index contributed by atoms with van der Waals surface area (Å²) in [6.07, 6.45) is 0. The molecule has 0 aliphatic carbocycles. The molecule has 0 aliphatic rings. The Labute approximate surface area is 323 Å². The molecule has 0 fully saturated rings. The number of hydrogen-bond acceptors (Lipinski definition) is 3. The first-order chi connectivity index (χ1) is 27.8. The van der Waals surface area contributed by atoms with Crippen LogP contribution >= 0.6 is 0 Å². The number of aromatic nitrogens is 5. The Morgan fingerprint density at radius 1 is 0.286 bits per heavy atom. The van der Waals surface area contributed by atoms with Crippen molar-refractivity contribution in [3.05, 3.63) is 200 Å². The first kappa shape index (κ1) is 31.9. The monoisotopic (exact) mass is 715 g/mol. The van der Waals surface area contributed by atoms with Crippen molar-refractivity contribution < 1.29 is 0 Å². The van der Waals surface area contributed by atoms with Crippen molar-refractivity contribution in [1.29, 1.82) is 0 Å². The van der Waals surface area contributed by atoms with E-state index in [9.17, 15) is 0 Å². The van der Waals surface area contributed by atoms with Gasteiger partial charge >= 0.3 is 0 Å². The number of hydrogen-bond donors (Lipinski definition) is 0. The van der Waals surface area contributed by atoms with Gasteiger partial charge in [-0.3, -0.25) is 4.57 Å². The lowest BCUT2D eigenvalue weighted by Gasteiger charge is -2.14. The maximum atomic E-state index is 5.24. The minimum Gasteiger partial charge on any atom is -0.307 e. The van der Waals surface area contributed by atoms with Crippen molar-refractivity contribution >= 4 is 43.6 Å². The van der Waals surface area contributed by atoms with Crippen LogP contribution in [-0.2, 0) is 0 Å². The molecule has 56 heavy (non-hydrogen) atoms. The summed E-state index contributed by atoms with van der Waals surface area (Å²) < 4.78 is 4.65. The van der Waals surface area contributed by atoms with Gasteiger partial charge < -0.3 is 4.57 Å². The molecule has 0 N–H and O–H groups in total. The van der Waals surface area contributed by atoms with E-state index >= 15 is 0 Å². The second-order valence-corrected chi connectivity index (χ2v) is 14.0.